The molecule has 0 aromatic carbocycles. The monoisotopic (exact) mass is 278 g/mol. The topological polar surface area (TPSA) is 54.3 Å². The molecule has 0 aliphatic heterocycles. The fourth-order valence-corrected chi connectivity index (χ4v) is 3.35. The van der Waals surface area contributed by atoms with Crippen LogP contribution in [-0.4, -0.2) is 27.7 Å². The summed E-state index contributed by atoms with van der Waals surface area (Å²) in [5, 5.41) is 13.2. The first-order chi connectivity index (χ1) is 9.34. The van der Waals surface area contributed by atoms with Crippen LogP contribution >= 0.6 is 0 Å². The van der Waals surface area contributed by atoms with Crippen LogP contribution in [0.3, 0.4) is 0 Å². The number of hydrogen-bond acceptors (Lipinski definition) is 2. The van der Waals surface area contributed by atoms with Gasteiger partial charge in [-0.15, -0.1) is 0 Å². The SMILES string of the molecule is Cc1cc(C(=O)NCC2(O)CCCC2)c(C)n1C(C)C. The molecule has 0 spiro atoms. The molecule has 2 rings (SSSR count). The Balaban J connectivity index is 2.08. The highest BCUT2D eigenvalue weighted by Crippen LogP contribution is 2.28. The Hall–Kier alpha value is -1.29. The van der Waals surface area contributed by atoms with Crippen LogP contribution in [0.15, 0.2) is 6.07 Å². The molecule has 2 N–H and O–H groups in total. The Bertz CT molecular complexity index is 497. The van der Waals surface area contributed by atoms with Gasteiger partial charge in [-0.2, -0.15) is 0 Å². The van der Waals surface area contributed by atoms with E-state index in [4.69, 9.17) is 0 Å². The van der Waals surface area contributed by atoms with Gasteiger partial charge in [0.2, 0.25) is 0 Å². The molecule has 0 atom stereocenters. The van der Waals surface area contributed by atoms with E-state index in [9.17, 15) is 9.90 Å². The van der Waals surface area contributed by atoms with Crippen molar-refractivity contribution in [2.45, 2.75) is 65.0 Å². The van der Waals surface area contributed by atoms with E-state index in [0.29, 0.717) is 12.6 Å². The van der Waals surface area contributed by atoms with Crippen LogP contribution in [0.1, 0.15) is 67.3 Å². The fourth-order valence-electron chi connectivity index (χ4n) is 3.35. The molecule has 112 valence electrons. The number of carbonyl (C=O) groups excluding carboxylic acids is 1. The number of hydrogen-bond donors (Lipinski definition) is 2. The van der Waals surface area contributed by atoms with Crippen molar-refractivity contribution in [3.8, 4) is 0 Å². The highest BCUT2D eigenvalue weighted by Gasteiger charge is 2.31. The first kappa shape index (κ1) is 15.1. The van der Waals surface area contributed by atoms with E-state index < -0.39 is 5.60 Å². The van der Waals surface area contributed by atoms with Gasteiger partial charge in [-0.25, -0.2) is 0 Å². The maximum atomic E-state index is 12.3. The second-order valence-corrected chi connectivity index (χ2v) is 6.36. The summed E-state index contributed by atoms with van der Waals surface area (Å²) in [5.41, 5.74) is 2.12. The number of aryl methyl sites for hydroxylation is 1. The number of aromatic nitrogens is 1. The molecule has 1 fully saturated rings. The van der Waals surface area contributed by atoms with Crippen molar-refractivity contribution in [2.24, 2.45) is 0 Å². The molecular formula is C16H26N2O2. The van der Waals surface area contributed by atoms with Crippen LogP contribution in [0, 0.1) is 13.8 Å². The van der Waals surface area contributed by atoms with Crippen LogP contribution in [-0.2, 0) is 0 Å². The van der Waals surface area contributed by atoms with Crippen molar-refractivity contribution in [3.05, 3.63) is 23.0 Å². The van der Waals surface area contributed by atoms with Crippen LogP contribution in [0.2, 0.25) is 0 Å². The molecule has 1 aliphatic carbocycles. The largest absolute Gasteiger partial charge is 0.388 e. The van der Waals surface area contributed by atoms with E-state index in [0.717, 1.165) is 42.6 Å². The van der Waals surface area contributed by atoms with E-state index in [2.05, 4.69) is 23.7 Å². The molecule has 1 saturated carbocycles. The Morgan fingerprint density at radius 1 is 1.40 bits per heavy atom. The third-order valence-electron chi connectivity index (χ3n) is 4.36. The molecule has 0 saturated heterocycles. The third-order valence-corrected chi connectivity index (χ3v) is 4.36. The summed E-state index contributed by atoms with van der Waals surface area (Å²) in [5.74, 6) is -0.0784. The molecule has 0 radical (unpaired) electrons. The van der Waals surface area contributed by atoms with E-state index in [1.165, 1.54) is 0 Å². The lowest BCUT2D eigenvalue weighted by Crippen LogP contribution is -2.40. The van der Waals surface area contributed by atoms with Crippen molar-refractivity contribution < 1.29 is 9.90 Å². The molecule has 0 unspecified atom stereocenters. The number of carbonyl (C=O) groups is 1. The Kier molecular flexibility index (Phi) is 4.23. The predicted octanol–water partition coefficient (Wildman–Crippen LogP) is 2.72. The highest BCUT2D eigenvalue weighted by molar-refractivity contribution is 5.95. The number of aliphatic hydroxyl groups is 1. The molecule has 4 heteroatoms. The average Bonchev–Trinajstić information content (AvgIpc) is 2.91. The van der Waals surface area contributed by atoms with Crippen molar-refractivity contribution >= 4 is 5.91 Å². The first-order valence-electron chi connectivity index (χ1n) is 7.53. The van der Waals surface area contributed by atoms with E-state index in [1.54, 1.807) is 0 Å². The summed E-state index contributed by atoms with van der Waals surface area (Å²) >= 11 is 0. The van der Waals surface area contributed by atoms with E-state index in [1.807, 2.05) is 19.9 Å². The van der Waals surface area contributed by atoms with Gasteiger partial charge in [-0.3, -0.25) is 4.79 Å². The molecule has 0 bridgehead atoms. The maximum Gasteiger partial charge on any atom is 0.253 e. The summed E-state index contributed by atoms with van der Waals surface area (Å²) in [6.45, 7) is 8.59. The summed E-state index contributed by atoms with van der Waals surface area (Å²) < 4.78 is 2.17. The number of nitrogens with zero attached hydrogens (tertiary/aromatic N) is 1. The van der Waals surface area contributed by atoms with E-state index >= 15 is 0 Å². The zero-order valence-electron chi connectivity index (χ0n) is 13.0. The zero-order chi connectivity index (χ0) is 14.9. The second-order valence-electron chi connectivity index (χ2n) is 6.36. The smallest absolute Gasteiger partial charge is 0.253 e. The second kappa shape index (κ2) is 5.60. The zero-order valence-corrected chi connectivity index (χ0v) is 13.0. The number of nitrogens with one attached hydrogen (secondary N) is 1. The number of rotatable bonds is 4. The average molecular weight is 278 g/mol. The quantitative estimate of drug-likeness (QED) is 0.889. The predicted molar refractivity (Wildman–Crippen MR) is 80.0 cm³/mol. The molecular weight excluding hydrogens is 252 g/mol. The Labute approximate surface area is 121 Å². The van der Waals surface area contributed by atoms with Gasteiger partial charge < -0.3 is 15.0 Å². The van der Waals surface area contributed by atoms with Gasteiger partial charge in [0.1, 0.15) is 0 Å². The molecule has 1 amide bonds. The lowest BCUT2D eigenvalue weighted by atomic mass is 10.0. The fraction of sp³-hybridized carbons (Fsp3) is 0.688. The molecule has 4 nitrogen and oxygen atoms in total. The van der Waals surface area contributed by atoms with Crippen molar-refractivity contribution in [1.82, 2.24) is 9.88 Å². The van der Waals surface area contributed by atoms with Crippen molar-refractivity contribution in [2.75, 3.05) is 6.54 Å². The normalized spacial score (nSPS) is 17.7. The Morgan fingerprint density at radius 3 is 2.50 bits per heavy atom. The van der Waals surface area contributed by atoms with Gasteiger partial charge in [-0.05, 0) is 46.6 Å². The van der Waals surface area contributed by atoms with Crippen LogP contribution in [0.5, 0.6) is 0 Å². The van der Waals surface area contributed by atoms with Gasteiger partial charge in [-0.1, -0.05) is 12.8 Å². The summed E-state index contributed by atoms with van der Waals surface area (Å²) in [6, 6.07) is 2.28. The van der Waals surface area contributed by atoms with Crippen LogP contribution in [0.4, 0.5) is 0 Å². The van der Waals surface area contributed by atoms with Gasteiger partial charge in [0, 0.05) is 24.0 Å². The van der Waals surface area contributed by atoms with Gasteiger partial charge >= 0.3 is 0 Å². The molecule has 1 aromatic heterocycles. The first-order valence-corrected chi connectivity index (χ1v) is 7.53. The summed E-state index contributed by atoms with van der Waals surface area (Å²) in [7, 11) is 0. The highest BCUT2D eigenvalue weighted by atomic mass is 16.3. The van der Waals surface area contributed by atoms with Gasteiger partial charge in [0.05, 0.1) is 11.2 Å². The molecule has 1 heterocycles. The van der Waals surface area contributed by atoms with E-state index in [-0.39, 0.29) is 5.91 Å². The molecule has 1 aliphatic rings. The lowest BCUT2D eigenvalue weighted by Gasteiger charge is -2.22. The standard InChI is InChI=1S/C16H26N2O2/c1-11(2)18-12(3)9-14(13(18)4)15(19)17-10-16(20)7-5-6-8-16/h9,11,20H,5-8,10H2,1-4H3,(H,17,19). The minimum Gasteiger partial charge on any atom is -0.388 e. The minimum atomic E-state index is -0.695. The molecule has 20 heavy (non-hydrogen) atoms. The Morgan fingerprint density at radius 2 is 2.00 bits per heavy atom. The third kappa shape index (κ3) is 2.90. The summed E-state index contributed by atoms with van der Waals surface area (Å²) in [4.78, 5) is 12.3. The van der Waals surface area contributed by atoms with Crippen molar-refractivity contribution in [1.29, 1.82) is 0 Å². The lowest BCUT2D eigenvalue weighted by molar-refractivity contribution is 0.0449. The van der Waals surface area contributed by atoms with Crippen molar-refractivity contribution in [3.63, 3.8) is 0 Å². The summed E-state index contributed by atoms with van der Waals surface area (Å²) in [6.07, 6.45) is 3.68. The molecule has 1 aromatic rings. The van der Waals surface area contributed by atoms with Crippen LogP contribution < -0.4 is 5.32 Å². The van der Waals surface area contributed by atoms with Crippen LogP contribution in [0.25, 0.3) is 0 Å². The minimum absolute atomic E-state index is 0.0784. The van der Waals surface area contributed by atoms with Gasteiger partial charge in [0.15, 0.2) is 0 Å². The van der Waals surface area contributed by atoms with Gasteiger partial charge in [0.25, 0.3) is 5.91 Å². The maximum absolute atomic E-state index is 12.3. The number of amides is 1.